The molecule has 3 rings (SSSR count). The number of carbonyl (C=O) groups is 2. The zero-order valence-electron chi connectivity index (χ0n) is 16.7. The zero-order valence-corrected chi connectivity index (χ0v) is 16.7. The highest BCUT2D eigenvalue weighted by molar-refractivity contribution is 5.83. The summed E-state index contributed by atoms with van der Waals surface area (Å²) in [4.78, 5) is 31.0. The molecule has 1 saturated heterocycles. The second-order valence-corrected chi connectivity index (χ2v) is 8.27. The Morgan fingerprint density at radius 2 is 1.93 bits per heavy atom. The van der Waals surface area contributed by atoms with Crippen LogP contribution in [0.2, 0.25) is 0 Å². The van der Waals surface area contributed by atoms with Gasteiger partial charge in [0.15, 0.2) is 0 Å². The van der Waals surface area contributed by atoms with Gasteiger partial charge in [-0.15, -0.1) is 0 Å². The van der Waals surface area contributed by atoms with Gasteiger partial charge >= 0.3 is 0 Å². The molecule has 2 N–H and O–H groups in total. The molecule has 2 aromatic rings. The molecule has 1 unspecified atom stereocenters. The third kappa shape index (κ3) is 4.58. The molecule has 0 saturated carbocycles. The summed E-state index contributed by atoms with van der Waals surface area (Å²) < 4.78 is 0. The maximum Gasteiger partial charge on any atom is 0.225 e. The van der Waals surface area contributed by atoms with Crippen molar-refractivity contribution in [3.05, 3.63) is 54.4 Å². The molecule has 1 fully saturated rings. The molecule has 1 atom stereocenters. The third-order valence-corrected chi connectivity index (χ3v) is 5.52. The van der Waals surface area contributed by atoms with E-state index in [0.29, 0.717) is 38.3 Å². The van der Waals surface area contributed by atoms with Gasteiger partial charge in [0.1, 0.15) is 0 Å². The number of piperidine rings is 1. The van der Waals surface area contributed by atoms with Crippen LogP contribution in [0.1, 0.15) is 38.7 Å². The topological polar surface area (TPSA) is 76.3 Å². The van der Waals surface area contributed by atoms with Gasteiger partial charge < -0.3 is 10.6 Å². The second kappa shape index (κ2) is 8.55. The van der Waals surface area contributed by atoms with E-state index in [2.05, 4.69) is 17.1 Å². The molecular formula is C23H29N3O2. The summed E-state index contributed by atoms with van der Waals surface area (Å²) in [6, 6.07) is 12.1. The Bertz CT molecular complexity index is 835. The fourth-order valence-corrected chi connectivity index (χ4v) is 4.05. The molecule has 1 aliphatic rings. The largest absolute Gasteiger partial charge is 0.369 e. The normalized spacial score (nSPS) is 19.6. The molecule has 5 heteroatoms. The lowest BCUT2D eigenvalue weighted by Crippen LogP contribution is -2.53. The maximum absolute atomic E-state index is 12.6. The molecule has 148 valence electrons. The average Bonchev–Trinajstić information content (AvgIpc) is 2.68. The van der Waals surface area contributed by atoms with E-state index in [-0.39, 0.29) is 11.8 Å². The molecule has 5 nitrogen and oxygen atoms in total. The quantitative estimate of drug-likeness (QED) is 0.835. The molecule has 1 aliphatic heterocycles. The van der Waals surface area contributed by atoms with Crippen LogP contribution in [0.15, 0.2) is 48.8 Å². The van der Waals surface area contributed by atoms with Crippen molar-refractivity contribution in [2.24, 2.45) is 17.1 Å². The summed E-state index contributed by atoms with van der Waals surface area (Å²) in [5.74, 6) is 0.101. The Labute approximate surface area is 167 Å². The molecule has 0 spiro atoms. The first-order valence-electron chi connectivity index (χ1n) is 9.97. The molecule has 28 heavy (non-hydrogen) atoms. The van der Waals surface area contributed by atoms with E-state index < -0.39 is 5.41 Å². The maximum atomic E-state index is 12.6. The van der Waals surface area contributed by atoms with Crippen molar-refractivity contribution in [3.8, 4) is 11.1 Å². The number of hydrogen-bond donors (Lipinski definition) is 1. The van der Waals surface area contributed by atoms with Crippen molar-refractivity contribution in [3.63, 3.8) is 0 Å². The van der Waals surface area contributed by atoms with E-state index in [9.17, 15) is 9.59 Å². The number of primary amides is 1. The van der Waals surface area contributed by atoms with E-state index in [1.165, 1.54) is 0 Å². The Morgan fingerprint density at radius 3 is 2.61 bits per heavy atom. The highest BCUT2D eigenvalue weighted by Gasteiger charge is 2.42. The lowest BCUT2D eigenvalue weighted by atomic mass is 9.74. The number of nitrogens with zero attached hydrogens (tertiary/aromatic N) is 2. The molecule has 2 heterocycles. The number of pyridine rings is 1. The lowest BCUT2D eigenvalue weighted by molar-refractivity contribution is -0.140. The standard InChI is InChI=1S/C23H29N3O2/c1-17(2)13-21(27)26-12-4-9-23(16-26,22(24)28)15-18-5-3-6-20(14-18)19-7-10-25-11-8-19/h3,5-8,10-11,14,17H,4,9,12-13,15-16H2,1-2H3,(H2,24,28). The fraction of sp³-hybridized carbons (Fsp3) is 0.435. The van der Waals surface area contributed by atoms with E-state index >= 15 is 0 Å². The van der Waals surface area contributed by atoms with Gasteiger partial charge in [-0.1, -0.05) is 38.1 Å². The first-order valence-corrected chi connectivity index (χ1v) is 9.97. The second-order valence-electron chi connectivity index (χ2n) is 8.27. The van der Waals surface area contributed by atoms with Crippen molar-refractivity contribution in [1.29, 1.82) is 0 Å². The average molecular weight is 380 g/mol. The van der Waals surface area contributed by atoms with Crippen molar-refractivity contribution in [2.45, 2.75) is 39.5 Å². The summed E-state index contributed by atoms with van der Waals surface area (Å²) in [5.41, 5.74) is 8.40. The Kier molecular flexibility index (Phi) is 6.12. The van der Waals surface area contributed by atoms with Gasteiger partial charge in [0, 0.05) is 31.9 Å². The third-order valence-electron chi connectivity index (χ3n) is 5.52. The van der Waals surface area contributed by atoms with Crippen LogP contribution in [0.25, 0.3) is 11.1 Å². The van der Waals surface area contributed by atoms with Crippen LogP contribution < -0.4 is 5.73 Å². The van der Waals surface area contributed by atoms with Crippen LogP contribution in [0.4, 0.5) is 0 Å². The van der Waals surface area contributed by atoms with Gasteiger partial charge in [-0.2, -0.15) is 0 Å². The van der Waals surface area contributed by atoms with Gasteiger partial charge in [0.25, 0.3) is 0 Å². The minimum absolute atomic E-state index is 0.117. The molecule has 2 amide bonds. The van der Waals surface area contributed by atoms with Crippen molar-refractivity contribution in [1.82, 2.24) is 9.88 Å². The smallest absolute Gasteiger partial charge is 0.225 e. The predicted octanol–water partition coefficient (Wildman–Crippen LogP) is 3.43. The zero-order chi connectivity index (χ0) is 20.1. The van der Waals surface area contributed by atoms with Crippen molar-refractivity contribution < 1.29 is 9.59 Å². The highest BCUT2D eigenvalue weighted by atomic mass is 16.2. The summed E-state index contributed by atoms with van der Waals surface area (Å²) >= 11 is 0. The minimum atomic E-state index is -0.707. The Balaban J connectivity index is 1.83. The number of rotatable bonds is 6. The lowest BCUT2D eigenvalue weighted by Gasteiger charge is -2.41. The summed E-state index contributed by atoms with van der Waals surface area (Å²) in [5, 5.41) is 0. The molecule has 0 aliphatic carbocycles. The van der Waals surface area contributed by atoms with Crippen molar-refractivity contribution >= 4 is 11.8 Å². The first kappa shape index (κ1) is 20.1. The predicted molar refractivity (Wildman–Crippen MR) is 110 cm³/mol. The highest BCUT2D eigenvalue weighted by Crippen LogP contribution is 2.35. The van der Waals surface area contributed by atoms with Gasteiger partial charge in [-0.3, -0.25) is 14.6 Å². The summed E-state index contributed by atoms with van der Waals surface area (Å²) in [7, 11) is 0. The van der Waals surface area contributed by atoms with Crippen LogP contribution in [0, 0.1) is 11.3 Å². The number of amides is 2. The van der Waals surface area contributed by atoms with E-state index in [1.54, 1.807) is 12.4 Å². The Hall–Kier alpha value is -2.69. The number of nitrogens with two attached hydrogens (primary N) is 1. The Morgan fingerprint density at radius 1 is 1.18 bits per heavy atom. The minimum Gasteiger partial charge on any atom is -0.369 e. The molecule has 0 bridgehead atoms. The summed E-state index contributed by atoms with van der Waals surface area (Å²) in [6.07, 6.45) is 6.11. The van der Waals surface area contributed by atoms with E-state index in [4.69, 9.17) is 5.73 Å². The van der Waals surface area contributed by atoms with Crippen molar-refractivity contribution in [2.75, 3.05) is 13.1 Å². The van der Waals surface area contributed by atoms with Crippen LogP contribution in [0.5, 0.6) is 0 Å². The van der Waals surface area contributed by atoms with Gasteiger partial charge in [0.05, 0.1) is 5.41 Å². The van der Waals surface area contributed by atoms with E-state index in [1.807, 2.05) is 43.0 Å². The van der Waals surface area contributed by atoms with Gasteiger partial charge in [-0.05, 0) is 54.0 Å². The van der Waals surface area contributed by atoms with Gasteiger partial charge in [-0.25, -0.2) is 0 Å². The first-order chi connectivity index (χ1) is 13.4. The number of hydrogen-bond acceptors (Lipinski definition) is 3. The van der Waals surface area contributed by atoms with Crippen LogP contribution in [-0.4, -0.2) is 34.8 Å². The molecule has 1 aromatic heterocycles. The number of aromatic nitrogens is 1. The monoisotopic (exact) mass is 379 g/mol. The molecular weight excluding hydrogens is 350 g/mol. The molecule has 1 aromatic carbocycles. The van der Waals surface area contributed by atoms with Crippen LogP contribution in [-0.2, 0) is 16.0 Å². The van der Waals surface area contributed by atoms with E-state index in [0.717, 1.165) is 23.1 Å². The number of likely N-dealkylation sites (tertiary alicyclic amines) is 1. The van der Waals surface area contributed by atoms with Gasteiger partial charge in [0.2, 0.25) is 11.8 Å². The summed E-state index contributed by atoms with van der Waals surface area (Å²) in [6.45, 7) is 5.19. The number of benzene rings is 1. The van der Waals surface area contributed by atoms with Crippen LogP contribution >= 0.6 is 0 Å². The SMILES string of the molecule is CC(C)CC(=O)N1CCCC(Cc2cccc(-c3ccncc3)c2)(C(N)=O)C1. The fourth-order valence-electron chi connectivity index (χ4n) is 4.05. The molecule has 0 radical (unpaired) electrons. The number of carbonyl (C=O) groups excluding carboxylic acids is 2. The van der Waals surface area contributed by atoms with Crippen LogP contribution in [0.3, 0.4) is 0 Å².